The van der Waals surface area contributed by atoms with Crippen LogP contribution in [0, 0.1) is 0 Å². The lowest BCUT2D eigenvalue weighted by Crippen LogP contribution is -2.41. The zero-order chi connectivity index (χ0) is 12.2. The molecule has 4 N–H and O–H groups in total. The highest BCUT2D eigenvalue weighted by Crippen LogP contribution is 2.04. The van der Waals surface area contributed by atoms with E-state index < -0.39 is 0 Å². The Balaban J connectivity index is 3.42. The van der Waals surface area contributed by atoms with Crippen LogP contribution in [0.4, 0.5) is 0 Å². The number of nitrogens with one attached hydrogen (secondary N) is 1. The first-order valence-electron chi connectivity index (χ1n) is 5.96. The minimum atomic E-state index is 0.0104. The minimum Gasteiger partial charge on any atom is -0.409 e. The number of hydrogen-bond donors (Lipinski definition) is 3. The van der Waals surface area contributed by atoms with Gasteiger partial charge in [0.1, 0.15) is 0 Å². The van der Waals surface area contributed by atoms with Crippen molar-refractivity contribution < 1.29 is 5.21 Å². The fourth-order valence-corrected chi connectivity index (χ4v) is 2.02. The van der Waals surface area contributed by atoms with Gasteiger partial charge in [-0.1, -0.05) is 24.9 Å². The standard InChI is InChI=1S/C11H25N3OS/c1-3-10(11(12)14-15)13-8-6-4-5-7-9-16-2/h10,13,15H,3-9H2,1-2H3,(H2,12,14). The molecule has 0 spiro atoms. The first-order valence-corrected chi connectivity index (χ1v) is 7.35. The number of hydrogen-bond acceptors (Lipinski definition) is 4. The van der Waals surface area contributed by atoms with Gasteiger partial charge in [0.15, 0.2) is 5.84 Å². The molecule has 0 radical (unpaired) electrons. The van der Waals surface area contributed by atoms with Crippen molar-refractivity contribution in [2.75, 3.05) is 18.6 Å². The van der Waals surface area contributed by atoms with Gasteiger partial charge in [-0.25, -0.2) is 0 Å². The molecule has 0 saturated carbocycles. The van der Waals surface area contributed by atoms with Gasteiger partial charge in [-0.05, 0) is 37.8 Å². The van der Waals surface area contributed by atoms with E-state index in [4.69, 9.17) is 10.9 Å². The Kier molecular flexibility index (Phi) is 10.8. The minimum absolute atomic E-state index is 0.0104. The van der Waals surface area contributed by atoms with Gasteiger partial charge >= 0.3 is 0 Å². The van der Waals surface area contributed by atoms with E-state index in [9.17, 15) is 0 Å². The van der Waals surface area contributed by atoms with Gasteiger partial charge in [0.05, 0.1) is 6.04 Å². The van der Waals surface area contributed by atoms with Crippen LogP contribution in [0.3, 0.4) is 0 Å². The Morgan fingerprint density at radius 3 is 2.62 bits per heavy atom. The normalized spacial score (nSPS) is 14.0. The van der Waals surface area contributed by atoms with Crippen LogP contribution >= 0.6 is 11.8 Å². The molecule has 1 atom stereocenters. The van der Waals surface area contributed by atoms with E-state index in [2.05, 4.69) is 16.7 Å². The highest BCUT2D eigenvalue weighted by Gasteiger charge is 2.09. The van der Waals surface area contributed by atoms with Crippen LogP contribution in [0.2, 0.25) is 0 Å². The molecule has 1 unspecified atom stereocenters. The summed E-state index contributed by atoms with van der Waals surface area (Å²) in [5.41, 5.74) is 5.54. The molecule has 0 fully saturated rings. The van der Waals surface area contributed by atoms with Crippen molar-refractivity contribution in [2.24, 2.45) is 10.9 Å². The van der Waals surface area contributed by atoms with Gasteiger partial charge in [-0.2, -0.15) is 11.8 Å². The van der Waals surface area contributed by atoms with Crippen LogP contribution < -0.4 is 11.1 Å². The number of thioether (sulfide) groups is 1. The second kappa shape index (κ2) is 11.1. The van der Waals surface area contributed by atoms with Gasteiger partial charge in [0.2, 0.25) is 0 Å². The molecular weight excluding hydrogens is 222 g/mol. The second-order valence-electron chi connectivity index (χ2n) is 3.85. The molecule has 0 aromatic carbocycles. The molecule has 0 aliphatic heterocycles. The SMILES string of the molecule is CCC(NCCCCCCSC)C(N)=NO. The highest BCUT2D eigenvalue weighted by atomic mass is 32.2. The van der Waals surface area contributed by atoms with Crippen LogP contribution in [0.15, 0.2) is 5.16 Å². The molecule has 4 nitrogen and oxygen atoms in total. The molecule has 0 aromatic rings. The summed E-state index contributed by atoms with van der Waals surface area (Å²) in [6.45, 7) is 2.96. The number of nitrogens with two attached hydrogens (primary N) is 1. The van der Waals surface area contributed by atoms with Gasteiger partial charge < -0.3 is 16.3 Å². The van der Waals surface area contributed by atoms with Crippen LogP contribution in [-0.2, 0) is 0 Å². The maximum Gasteiger partial charge on any atom is 0.156 e. The second-order valence-corrected chi connectivity index (χ2v) is 4.83. The van der Waals surface area contributed by atoms with E-state index in [-0.39, 0.29) is 11.9 Å². The third-order valence-corrected chi connectivity index (χ3v) is 3.24. The molecule has 5 heteroatoms. The molecule has 0 saturated heterocycles. The summed E-state index contributed by atoms with van der Waals surface area (Å²) in [4.78, 5) is 0. The van der Waals surface area contributed by atoms with E-state index in [1.54, 1.807) is 0 Å². The Morgan fingerprint density at radius 2 is 2.06 bits per heavy atom. The van der Waals surface area contributed by atoms with Crippen LogP contribution in [-0.4, -0.2) is 35.6 Å². The Morgan fingerprint density at radius 1 is 1.38 bits per heavy atom. The van der Waals surface area contributed by atoms with Crippen molar-refractivity contribution in [1.29, 1.82) is 0 Å². The van der Waals surface area contributed by atoms with E-state index in [1.165, 1.54) is 25.0 Å². The molecule has 0 bridgehead atoms. The first-order chi connectivity index (χ1) is 7.76. The largest absolute Gasteiger partial charge is 0.409 e. The fourth-order valence-electron chi connectivity index (χ4n) is 1.53. The maximum absolute atomic E-state index is 8.56. The number of rotatable bonds is 10. The molecule has 0 aromatic heterocycles. The first kappa shape index (κ1) is 15.6. The number of amidine groups is 1. The topological polar surface area (TPSA) is 70.6 Å². The zero-order valence-electron chi connectivity index (χ0n) is 10.4. The van der Waals surface area contributed by atoms with E-state index in [0.717, 1.165) is 19.4 Å². The number of unbranched alkanes of at least 4 members (excludes halogenated alkanes) is 3. The van der Waals surface area contributed by atoms with Gasteiger partial charge in [0, 0.05) is 0 Å². The lowest BCUT2D eigenvalue weighted by molar-refractivity contribution is 0.314. The summed E-state index contributed by atoms with van der Waals surface area (Å²) in [7, 11) is 0. The quantitative estimate of drug-likeness (QED) is 0.182. The van der Waals surface area contributed by atoms with Gasteiger partial charge in [0.25, 0.3) is 0 Å². The van der Waals surface area contributed by atoms with Crippen molar-refractivity contribution >= 4 is 17.6 Å². The smallest absolute Gasteiger partial charge is 0.156 e. The van der Waals surface area contributed by atoms with E-state index in [1.807, 2.05) is 18.7 Å². The highest BCUT2D eigenvalue weighted by molar-refractivity contribution is 7.98. The summed E-state index contributed by atoms with van der Waals surface area (Å²) in [5.74, 6) is 1.54. The predicted octanol–water partition coefficient (Wildman–Crippen LogP) is 2.02. The van der Waals surface area contributed by atoms with Crippen molar-refractivity contribution in [3.8, 4) is 0 Å². The lowest BCUT2D eigenvalue weighted by atomic mass is 10.1. The Hall–Kier alpha value is -0.420. The fraction of sp³-hybridized carbons (Fsp3) is 0.909. The molecule has 0 heterocycles. The van der Waals surface area contributed by atoms with E-state index >= 15 is 0 Å². The summed E-state index contributed by atoms with van der Waals surface area (Å²) in [6, 6.07) is 0.0104. The average molecular weight is 247 g/mol. The Bertz CT molecular complexity index is 188. The summed E-state index contributed by atoms with van der Waals surface area (Å²) >= 11 is 1.91. The molecular formula is C11H25N3OS. The van der Waals surface area contributed by atoms with Gasteiger partial charge in [-0.3, -0.25) is 0 Å². The summed E-state index contributed by atoms with van der Waals surface area (Å²) in [5, 5.41) is 14.9. The van der Waals surface area contributed by atoms with E-state index in [0.29, 0.717) is 0 Å². The van der Waals surface area contributed by atoms with Gasteiger partial charge in [-0.15, -0.1) is 0 Å². The molecule has 0 aliphatic carbocycles. The molecule has 96 valence electrons. The van der Waals surface area contributed by atoms with Crippen LogP contribution in [0.1, 0.15) is 39.0 Å². The number of nitrogens with zero attached hydrogens (tertiary/aromatic N) is 1. The van der Waals surface area contributed by atoms with Crippen molar-refractivity contribution in [3.05, 3.63) is 0 Å². The van der Waals surface area contributed by atoms with Crippen LogP contribution in [0.5, 0.6) is 0 Å². The maximum atomic E-state index is 8.56. The number of oxime groups is 1. The van der Waals surface area contributed by atoms with Crippen molar-refractivity contribution in [1.82, 2.24) is 5.32 Å². The summed E-state index contributed by atoms with van der Waals surface area (Å²) in [6.07, 6.45) is 8.00. The molecule has 0 amide bonds. The average Bonchev–Trinajstić information content (AvgIpc) is 2.32. The van der Waals surface area contributed by atoms with Crippen molar-refractivity contribution in [3.63, 3.8) is 0 Å². The Labute approximate surface area is 103 Å². The molecule has 16 heavy (non-hydrogen) atoms. The lowest BCUT2D eigenvalue weighted by Gasteiger charge is -2.14. The van der Waals surface area contributed by atoms with Crippen LogP contribution in [0.25, 0.3) is 0 Å². The predicted molar refractivity (Wildman–Crippen MR) is 72.3 cm³/mol. The zero-order valence-corrected chi connectivity index (χ0v) is 11.2. The third kappa shape index (κ3) is 7.82. The monoisotopic (exact) mass is 247 g/mol. The molecule has 0 aliphatic rings. The summed E-state index contributed by atoms with van der Waals surface area (Å²) < 4.78 is 0. The third-order valence-electron chi connectivity index (χ3n) is 2.55. The molecule has 0 rings (SSSR count). The van der Waals surface area contributed by atoms with Crippen molar-refractivity contribution in [2.45, 2.75) is 45.1 Å².